The Kier molecular flexibility index (Phi) is 4.90. The number of hydrogen-bond donors (Lipinski definition) is 0. The average Bonchev–Trinajstić information content (AvgIpc) is 3.06. The fraction of sp³-hybridized carbons (Fsp3) is 0.304. The Balaban J connectivity index is 1.74. The number of Topliss-reactive ketones (excluding diaryl/α,β-unsaturated/α-hetero) is 1. The van der Waals surface area contributed by atoms with Crippen molar-refractivity contribution in [3.63, 3.8) is 0 Å². The summed E-state index contributed by atoms with van der Waals surface area (Å²) < 4.78 is 3.52. The number of benzene rings is 2. The number of para-hydroxylation sites is 1. The molecule has 6 nitrogen and oxygen atoms in total. The van der Waals surface area contributed by atoms with Crippen molar-refractivity contribution in [1.29, 1.82) is 0 Å². The van der Waals surface area contributed by atoms with E-state index in [9.17, 15) is 9.59 Å². The normalized spacial score (nSPS) is 17.5. The van der Waals surface area contributed by atoms with Crippen LogP contribution in [0.25, 0.3) is 22.4 Å². The molecule has 5 rings (SSSR count). The van der Waals surface area contributed by atoms with E-state index in [4.69, 9.17) is 0 Å². The van der Waals surface area contributed by atoms with E-state index in [1.807, 2.05) is 59.9 Å². The largest absolute Gasteiger partial charge is 0.298 e. The molecular formula is C23H22N4O2S. The van der Waals surface area contributed by atoms with Crippen LogP contribution in [0.3, 0.4) is 0 Å². The van der Waals surface area contributed by atoms with E-state index in [1.165, 1.54) is 11.8 Å². The first-order valence-corrected chi connectivity index (χ1v) is 11.2. The Labute approximate surface area is 177 Å². The van der Waals surface area contributed by atoms with Gasteiger partial charge >= 0.3 is 0 Å². The number of rotatable bonds is 3. The number of fused-ring (bicyclic) bond motifs is 3. The molecule has 2 heterocycles. The van der Waals surface area contributed by atoms with Crippen LogP contribution >= 0.6 is 11.8 Å². The molecule has 0 saturated heterocycles. The molecule has 1 atom stereocenters. The second-order valence-electron chi connectivity index (χ2n) is 7.78. The summed E-state index contributed by atoms with van der Waals surface area (Å²) in [5.74, 6) is 0.747. The van der Waals surface area contributed by atoms with Crippen molar-refractivity contribution in [3.05, 3.63) is 64.4 Å². The maximum Gasteiger partial charge on any atom is 0.267 e. The van der Waals surface area contributed by atoms with Crippen LogP contribution in [0.2, 0.25) is 0 Å². The maximum absolute atomic E-state index is 13.3. The van der Waals surface area contributed by atoms with Crippen LogP contribution in [-0.4, -0.2) is 30.2 Å². The minimum atomic E-state index is -0.128. The van der Waals surface area contributed by atoms with Crippen molar-refractivity contribution < 1.29 is 4.79 Å². The lowest BCUT2D eigenvalue weighted by Crippen LogP contribution is -2.22. The summed E-state index contributed by atoms with van der Waals surface area (Å²) in [6, 6.07) is 15.3. The smallest absolute Gasteiger partial charge is 0.267 e. The van der Waals surface area contributed by atoms with Gasteiger partial charge in [-0.3, -0.25) is 14.0 Å². The van der Waals surface area contributed by atoms with Gasteiger partial charge in [0.15, 0.2) is 5.16 Å². The number of hydrogen-bond acceptors (Lipinski definition) is 5. The van der Waals surface area contributed by atoms with E-state index < -0.39 is 0 Å². The highest BCUT2D eigenvalue weighted by Crippen LogP contribution is 2.31. The van der Waals surface area contributed by atoms with Gasteiger partial charge in [0.1, 0.15) is 5.78 Å². The standard InChI is InChI=1S/C23H22N4O2S/c1-15-11-13-16(14-12-15)26-21(29)17-7-5-6-8-18(17)27-22(26)24-25-23(27)30-20-10-4-2-3-9-19(20)28/h5-8,11-14,20H,2-4,9-10H2,1H3. The Morgan fingerprint density at radius 1 is 0.967 bits per heavy atom. The van der Waals surface area contributed by atoms with Gasteiger partial charge in [-0.25, -0.2) is 4.57 Å². The molecule has 0 amide bonds. The molecule has 1 unspecified atom stereocenters. The first kappa shape index (κ1) is 19.1. The van der Waals surface area contributed by atoms with E-state index in [2.05, 4.69) is 10.2 Å². The zero-order valence-electron chi connectivity index (χ0n) is 16.7. The zero-order chi connectivity index (χ0) is 20.7. The second-order valence-corrected chi connectivity index (χ2v) is 8.95. The molecule has 0 aliphatic heterocycles. The number of ketones is 1. The Bertz CT molecular complexity index is 1310. The number of nitrogens with zero attached hydrogens (tertiary/aromatic N) is 4. The van der Waals surface area contributed by atoms with Crippen LogP contribution in [0.15, 0.2) is 58.5 Å². The lowest BCUT2D eigenvalue weighted by molar-refractivity contribution is -0.118. The van der Waals surface area contributed by atoms with Gasteiger partial charge in [0.25, 0.3) is 5.56 Å². The molecule has 2 aromatic carbocycles. The van der Waals surface area contributed by atoms with Gasteiger partial charge in [0.05, 0.1) is 21.8 Å². The first-order valence-electron chi connectivity index (χ1n) is 10.3. The Morgan fingerprint density at radius 2 is 1.77 bits per heavy atom. The fourth-order valence-corrected chi connectivity index (χ4v) is 5.22. The molecule has 0 N–H and O–H groups in total. The monoisotopic (exact) mass is 418 g/mol. The van der Waals surface area contributed by atoms with Crippen molar-refractivity contribution in [2.45, 2.75) is 49.4 Å². The van der Waals surface area contributed by atoms with Gasteiger partial charge in [-0.05, 0) is 44.0 Å². The average molecular weight is 419 g/mol. The Hall–Kier alpha value is -2.93. The molecule has 1 fully saturated rings. The highest BCUT2D eigenvalue weighted by Gasteiger charge is 2.25. The van der Waals surface area contributed by atoms with E-state index in [-0.39, 0.29) is 16.6 Å². The van der Waals surface area contributed by atoms with Gasteiger partial charge in [-0.1, -0.05) is 54.4 Å². The van der Waals surface area contributed by atoms with Crippen LogP contribution in [0, 0.1) is 6.92 Å². The fourth-order valence-electron chi connectivity index (χ4n) is 4.06. The van der Waals surface area contributed by atoms with Gasteiger partial charge in [0.2, 0.25) is 5.78 Å². The van der Waals surface area contributed by atoms with Crippen LogP contribution < -0.4 is 5.56 Å². The minimum Gasteiger partial charge on any atom is -0.298 e. The quantitative estimate of drug-likeness (QED) is 0.463. The van der Waals surface area contributed by atoms with Crippen molar-refractivity contribution in [2.24, 2.45) is 0 Å². The maximum atomic E-state index is 13.3. The Morgan fingerprint density at radius 3 is 2.60 bits per heavy atom. The van der Waals surface area contributed by atoms with Crippen molar-refractivity contribution in [3.8, 4) is 5.69 Å². The van der Waals surface area contributed by atoms with Crippen molar-refractivity contribution in [1.82, 2.24) is 19.2 Å². The summed E-state index contributed by atoms with van der Waals surface area (Å²) in [5.41, 5.74) is 2.50. The highest BCUT2D eigenvalue weighted by molar-refractivity contribution is 8.00. The SMILES string of the molecule is Cc1ccc(-n2c(=O)c3ccccc3n3c(SC4CCCCCC4=O)nnc23)cc1. The summed E-state index contributed by atoms with van der Waals surface area (Å²) in [6.07, 6.45) is 4.60. The third-order valence-electron chi connectivity index (χ3n) is 5.68. The number of aromatic nitrogens is 4. The third-order valence-corrected chi connectivity index (χ3v) is 6.94. The lowest BCUT2D eigenvalue weighted by Gasteiger charge is -2.14. The molecule has 0 spiro atoms. The predicted octanol–water partition coefficient (Wildman–Crippen LogP) is 4.34. The summed E-state index contributed by atoms with van der Waals surface area (Å²) in [7, 11) is 0. The molecule has 4 aromatic rings. The van der Waals surface area contributed by atoms with Crippen LogP contribution in [-0.2, 0) is 4.79 Å². The number of thioether (sulfide) groups is 1. The van der Waals surface area contributed by atoms with Crippen molar-refractivity contribution in [2.75, 3.05) is 0 Å². The summed E-state index contributed by atoms with van der Waals surface area (Å²) >= 11 is 1.47. The minimum absolute atomic E-state index is 0.113. The molecule has 7 heteroatoms. The van der Waals surface area contributed by atoms with E-state index in [0.29, 0.717) is 22.7 Å². The van der Waals surface area contributed by atoms with Crippen LogP contribution in [0.4, 0.5) is 0 Å². The molecular weight excluding hydrogens is 396 g/mol. The molecule has 1 aliphatic carbocycles. The van der Waals surface area contributed by atoms with Crippen LogP contribution in [0.5, 0.6) is 0 Å². The van der Waals surface area contributed by atoms with E-state index >= 15 is 0 Å². The molecule has 1 aliphatic rings. The summed E-state index contributed by atoms with van der Waals surface area (Å²) in [5, 5.41) is 9.94. The molecule has 0 bridgehead atoms. The molecule has 2 aromatic heterocycles. The summed E-state index contributed by atoms with van der Waals surface area (Å²) in [6.45, 7) is 2.01. The molecule has 152 valence electrons. The highest BCUT2D eigenvalue weighted by atomic mass is 32.2. The molecule has 0 radical (unpaired) electrons. The van der Waals surface area contributed by atoms with Gasteiger partial charge < -0.3 is 0 Å². The van der Waals surface area contributed by atoms with Gasteiger partial charge in [-0.15, -0.1) is 10.2 Å². The molecule has 1 saturated carbocycles. The molecule has 30 heavy (non-hydrogen) atoms. The number of carbonyl (C=O) groups is 1. The van der Waals surface area contributed by atoms with Gasteiger partial charge in [-0.2, -0.15) is 0 Å². The van der Waals surface area contributed by atoms with Gasteiger partial charge in [0, 0.05) is 6.42 Å². The number of aryl methyl sites for hydroxylation is 1. The predicted molar refractivity (Wildman–Crippen MR) is 119 cm³/mol. The lowest BCUT2D eigenvalue weighted by atomic mass is 10.2. The van der Waals surface area contributed by atoms with E-state index in [0.717, 1.165) is 42.5 Å². The first-order chi connectivity index (χ1) is 14.6. The topological polar surface area (TPSA) is 69.3 Å². The van der Waals surface area contributed by atoms with E-state index in [1.54, 1.807) is 4.57 Å². The van der Waals surface area contributed by atoms with Crippen LogP contribution in [0.1, 0.15) is 37.7 Å². The zero-order valence-corrected chi connectivity index (χ0v) is 17.6. The second kappa shape index (κ2) is 7.72. The number of carbonyl (C=O) groups excluding carboxylic acids is 1. The van der Waals surface area contributed by atoms with Crippen molar-refractivity contribution >= 4 is 34.2 Å². The summed E-state index contributed by atoms with van der Waals surface area (Å²) in [4.78, 5) is 25.9. The third kappa shape index (κ3) is 3.23.